The van der Waals surface area contributed by atoms with E-state index in [0.29, 0.717) is 22.2 Å². The van der Waals surface area contributed by atoms with Crippen LogP contribution in [-0.2, 0) is 0 Å². The van der Waals surface area contributed by atoms with Crippen molar-refractivity contribution >= 4 is 17.6 Å². The molecule has 0 atom stereocenters. The van der Waals surface area contributed by atoms with E-state index >= 15 is 0 Å². The van der Waals surface area contributed by atoms with Crippen molar-refractivity contribution in [1.29, 1.82) is 0 Å². The van der Waals surface area contributed by atoms with Gasteiger partial charge in [0.1, 0.15) is 5.82 Å². The third-order valence-electron chi connectivity index (χ3n) is 11.6. The van der Waals surface area contributed by atoms with Crippen LogP contribution in [0.15, 0.2) is 41.8 Å². The van der Waals surface area contributed by atoms with Crippen molar-refractivity contribution in [2.24, 2.45) is 38.8 Å². The predicted molar refractivity (Wildman–Crippen MR) is 183 cm³/mol. The first-order chi connectivity index (χ1) is 20.1. The number of pyridine rings is 1. The third kappa shape index (κ3) is 7.51. The van der Waals surface area contributed by atoms with E-state index in [1.54, 1.807) is 6.20 Å². The molecule has 0 saturated heterocycles. The number of anilines is 1. The first kappa shape index (κ1) is 32.8. The van der Waals surface area contributed by atoms with Crippen molar-refractivity contribution in [3.8, 4) is 0 Å². The van der Waals surface area contributed by atoms with Crippen molar-refractivity contribution < 1.29 is 0 Å². The molecule has 0 amide bonds. The van der Waals surface area contributed by atoms with Crippen LogP contribution in [0.2, 0.25) is 0 Å². The van der Waals surface area contributed by atoms with Gasteiger partial charge in [-0.1, -0.05) is 53.5 Å². The number of fused-ring (bicyclic) bond motifs is 3. The highest BCUT2D eigenvalue weighted by Gasteiger charge is 2.53. The largest absolute Gasteiger partial charge is 0.404 e. The summed E-state index contributed by atoms with van der Waals surface area (Å²) in [6.07, 6.45) is 26.2. The molecular formula is C38H62N4. The molecule has 5 fully saturated rings. The van der Waals surface area contributed by atoms with Gasteiger partial charge in [0.25, 0.3) is 0 Å². The number of hydrogen-bond acceptors (Lipinski definition) is 4. The molecule has 5 aliphatic rings. The van der Waals surface area contributed by atoms with Crippen molar-refractivity contribution in [2.75, 3.05) is 11.4 Å². The number of nitrogens with zero attached hydrogens (tertiary/aromatic N) is 3. The first-order valence-electron chi connectivity index (χ1n) is 17.5. The Morgan fingerprint density at radius 2 is 1.62 bits per heavy atom. The summed E-state index contributed by atoms with van der Waals surface area (Å²) in [5, 5.41) is 0. The van der Waals surface area contributed by atoms with Crippen LogP contribution in [0.5, 0.6) is 0 Å². The molecule has 2 bridgehead atoms. The molecule has 0 spiro atoms. The molecule has 0 aromatic carbocycles. The van der Waals surface area contributed by atoms with E-state index in [9.17, 15) is 0 Å². The van der Waals surface area contributed by atoms with Gasteiger partial charge in [-0.05, 0) is 137 Å². The Morgan fingerprint density at radius 1 is 1.00 bits per heavy atom. The number of hydrogen-bond donors (Lipinski definition) is 1. The molecule has 4 heteroatoms. The number of aromatic nitrogens is 1. The van der Waals surface area contributed by atoms with E-state index in [1.807, 2.05) is 26.3 Å². The maximum absolute atomic E-state index is 6.07. The molecule has 5 aliphatic carbocycles. The molecule has 0 unspecified atom stereocenters. The van der Waals surface area contributed by atoms with Gasteiger partial charge < -0.3 is 10.6 Å². The van der Waals surface area contributed by atoms with Gasteiger partial charge in [-0.25, -0.2) is 4.98 Å². The topological polar surface area (TPSA) is 54.5 Å². The van der Waals surface area contributed by atoms with Gasteiger partial charge in [-0.2, -0.15) is 0 Å². The molecule has 6 rings (SSSR count). The van der Waals surface area contributed by atoms with Gasteiger partial charge in [-0.15, -0.1) is 0 Å². The molecule has 0 aliphatic heterocycles. The van der Waals surface area contributed by atoms with Crippen LogP contribution in [0.3, 0.4) is 0 Å². The van der Waals surface area contributed by atoms with Crippen LogP contribution in [0.1, 0.15) is 143 Å². The summed E-state index contributed by atoms with van der Waals surface area (Å²) in [5.41, 5.74) is 11.0. The van der Waals surface area contributed by atoms with Crippen LogP contribution in [0, 0.1) is 28.1 Å². The molecular weight excluding hydrogens is 512 g/mol. The number of aliphatic imine (C=N–C) groups is 1. The second-order valence-corrected chi connectivity index (χ2v) is 15.1. The Bertz CT molecular complexity index is 1060. The van der Waals surface area contributed by atoms with Crippen molar-refractivity contribution in [3.05, 3.63) is 42.4 Å². The van der Waals surface area contributed by atoms with Gasteiger partial charge in [-0.3, -0.25) is 4.99 Å². The lowest BCUT2D eigenvalue weighted by Crippen LogP contribution is -2.51. The quantitative estimate of drug-likeness (QED) is 0.298. The van der Waals surface area contributed by atoms with Crippen LogP contribution < -0.4 is 10.6 Å². The van der Waals surface area contributed by atoms with Crippen molar-refractivity contribution in [3.63, 3.8) is 0 Å². The summed E-state index contributed by atoms with van der Waals surface area (Å²) in [6.45, 7) is 19.0. The predicted octanol–water partition coefficient (Wildman–Crippen LogP) is 10.3. The first-order valence-corrected chi connectivity index (χ1v) is 17.5. The zero-order valence-electron chi connectivity index (χ0n) is 28.1. The molecule has 5 saturated carbocycles. The van der Waals surface area contributed by atoms with E-state index in [-0.39, 0.29) is 6.04 Å². The maximum atomic E-state index is 6.07. The molecule has 4 nitrogen and oxygen atoms in total. The fourth-order valence-electron chi connectivity index (χ4n) is 8.66. The lowest BCUT2D eigenvalue weighted by molar-refractivity contribution is -0.0622. The Hall–Kier alpha value is -2.10. The second-order valence-electron chi connectivity index (χ2n) is 15.1. The average Bonchev–Trinajstić information content (AvgIpc) is 3.02. The van der Waals surface area contributed by atoms with Crippen LogP contribution in [0.25, 0.3) is 5.57 Å². The van der Waals surface area contributed by atoms with Crippen molar-refractivity contribution in [2.45, 2.75) is 144 Å². The van der Waals surface area contributed by atoms with Gasteiger partial charge >= 0.3 is 0 Å². The molecule has 234 valence electrons. The third-order valence-corrected chi connectivity index (χ3v) is 11.6. The number of rotatable bonds is 9. The Kier molecular flexibility index (Phi) is 11.0. The summed E-state index contributed by atoms with van der Waals surface area (Å²) in [4.78, 5) is 12.1. The highest BCUT2D eigenvalue weighted by Crippen LogP contribution is 2.63. The van der Waals surface area contributed by atoms with Crippen LogP contribution >= 0.6 is 0 Å². The minimum Gasteiger partial charge on any atom is -0.404 e. The fraction of sp³-hybridized carbons (Fsp3) is 0.737. The summed E-state index contributed by atoms with van der Waals surface area (Å²) in [6, 6.07) is 4.54. The zero-order chi connectivity index (χ0) is 30.4. The number of nitrogens with two attached hydrogens (primary N) is 1. The molecule has 0 radical (unpaired) electrons. The molecule has 2 N–H and O–H groups in total. The summed E-state index contributed by atoms with van der Waals surface area (Å²) < 4.78 is 0. The fourth-order valence-corrected chi connectivity index (χ4v) is 8.66. The standard InChI is InChI=1S/C36H56N4.C2H6/c1-27(2)39-25-31(24-37)30-13-22-38-33(23-30)40(28(3)29-9-7-6-8-10-29)26-35-16-19-36(20-17-35,21-18-35)32-11-14-34(4,5)15-12-32;1-2/h13,22-25,27,29,32H,3,6-12,14-21,26,37H2,1-2,4-5H3;1-2H3/b31-24+,39-25?;. The highest BCUT2D eigenvalue weighted by atomic mass is 15.2. The van der Waals surface area contributed by atoms with E-state index in [2.05, 4.69) is 49.7 Å². The molecule has 1 heterocycles. The smallest absolute Gasteiger partial charge is 0.133 e. The van der Waals surface area contributed by atoms with Gasteiger partial charge in [0.2, 0.25) is 0 Å². The van der Waals surface area contributed by atoms with Crippen LogP contribution in [-0.4, -0.2) is 23.8 Å². The molecule has 1 aromatic heterocycles. The van der Waals surface area contributed by atoms with Gasteiger partial charge in [0.05, 0.1) is 0 Å². The molecule has 1 aromatic rings. The zero-order valence-corrected chi connectivity index (χ0v) is 28.1. The second kappa shape index (κ2) is 14.1. The summed E-state index contributed by atoms with van der Waals surface area (Å²) in [5.74, 6) is 2.57. The van der Waals surface area contributed by atoms with Crippen molar-refractivity contribution in [1.82, 2.24) is 4.98 Å². The highest BCUT2D eigenvalue weighted by molar-refractivity contribution is 6.09. The lowest BCUT2D eigenvalue weighted by Gasteiger charge is -2.59. The lowest BCUT2D eigenvalue weighted by atomic mass is 9.48. The molecule has 42 heavy (non-hydrogen) atoms. The minimum absolute atomic E-state index is 0.239. The van der Waals surface area contributed by atoms with E-state index in [0.717, 1.165) is 29.4 Å². The number of allylic oxidation sites excluding steroid dienone is 2. The summed E-state index contributed by atoms with van der Waals surface area (Å²) >= 11 is 0. The monoisotopic (exact) mass is 574 g/mol. The van der Waals surface area contributed by atoms with Crippen LogP contribution in [0.4, 0.5) is 5.82 Å². The Labute approximate surface area is 258 Å². The van der Waals surface area contributed by atoms with E-state index in [1.165, 1.54) is 102 Å². The Balaban J connectivity index is 0.00000198. The normalized spacial score (nSPS) is 28.5. The van der Waals surface area contributed by atoms with E-state index in [4.69, 9.17) is 17.3 Å². The Morgan fingerprint density at radius 3 is 2.19 bits per heavy atom. The van der Waals surface area contributed by atoms with E-state index < -0.39 is 0 Å². The minimum atomic E-state index is 0.239. The van der Waals surface area contributed by atoms with Gasteiger partial charge in [0, 0.05) is 42.5 Å². The summed E-state index contributed by atoms with van der Waals surface area (Å²) in [7, 11) is 0. The maximum Gasteiger partial charge on any atom is 0.133 e. The van der Waals surface area contributed by atoms with Gasteiger partial charge in [0.15, 0.2) is 0 Å². The average molecular weight is 575 g/mol. The SMILES string of the molecule is C=C(C1CCCCC1)N(CC12CCC(C3CCC(C)(C)CC3)(CC1)CC2)c1cc(/C(C=NC(C)C)=C/N)ccn1.CC.